The third-order valence-electron chi connectivity index (χ3n) is 3.65. The van der Waals surface area contributed by atoms with Crippen LogP contribution in [0.25, 0.3) is 11.3 Å². The predicted molar refractivity (Wildman–Crippen MR) is 74.3 cm³/mol. The number of aliphatic hydroxyl groups excluding tert-OH is 1. The molecule has 1 aliphatic rings. The van der Waals surface area contributed by atoms with E-state index in [-0.39, 0.29) is 11.1 Å². The topological polar surface area (TPSA) is 72.5 Å². The molecule has 0 unspecified atom stereocenters. The minimum Gasteiger partial charge on any atom is -0.391 e. The molecule has 0 aromatic carbocycles. The Morgan fingerprint density at radius 3 is 3.00 bits per heavy atom. The number of aromatic nitrogens is 3. The summed E-state index contributed by atoms with van der Waals surface area (Å²) < 4.78 is 15.3. The van der Waals surface area contributed by atoms with Crippen molar-refractivity contribution in [2.24, 2.45) is 7.05 Å². The Kier molecular flexibility index (Phi) is 3.42. The van der Waals surface area contributed by atoms with Crippen molar-refractivity contribution in [3.8, 4) is 11.3 Å². The molecule has 1 saturated heterocycles. The predicted octanol–water partition coefficient (Wildman–Crippen LogP) is -0.0285. The summed E-state index contributed by atoms with van der Waals surface area (Å²) in [5.74, 6) is -0.0213. The number of β-amino-alcohol motifs (C(OH)–C–C–N with tert-alkyl or cyclic N) is 1. The molecule has 0 aliphatic carbocycles. The van der Waals surface area contributed by atoms with Crippen LogP contribution in [0.3, 0.4) is 0 Å². The molecule has 1 fully saturated rings. The maximum atomic E-state index is 13.8. The van der Waals surface area contributed by atoms with E-state index in [0.717, 1.165) is 0 Å². The summed E-state index contributed by atoms with van der Waals surface area (Å²) in [6, 6.07) is 2.86. The van der Waals surface area contributed by atoms with E-state index in [0.29, 0.717) is 31.2 Å². The van der Waals surface area contributed by atoms with E-state index in [2.05, 4.69) is 9.97 Å². The highest BCUT2D eigenvalue weighted by Gasteiger charge is 2.24. The van der Waals surface area contributed by atoms with Crippen molar-refractivity contribution in [1.29, 1.82) is 0 Å². The lowest BCUT2D eigenvalue weighted by Crippen LogP contribution is -2.30. The van der Waals surface area contributed by atoms with E-state index < -0.39 is 11.9 Å². The molecule has 21 heavy (non-hydrogen) atoms. The average Bonchev–Trinajstić information content (AvgIpc) is 2.89. The summed E-state index contributed by atoms with van der Waals surface area (Å²) in [7, 11) is 1.62. The normalized spacial score (nSPS) is 18.2. The molecule has 0 bridgehead atoms. The minimum absolute atomic E-state index is 0.261. The van der Waals surface area contributed by atoms with Gasteiger partial charge in [0.2, 0.25) is 12.1 Å². The van der Waals surface area contributed by atoms with E-state index in [1.807, 2.05) is 4.90 Å². The smallest absolute Gasteiger partial charge is 0.255 e. The average molecular weight is 291 g/mol. The summed E-state index contributed by atoms with van der Waals surface area (Å²) in [5, 5.41) is 9.63. The molecule has 3 heterocycles. The molecule has 0 amide bonds. The van der Waals surface area contributed by atoms with E-state index >= 15 is 0 Å². The Hall–Kier alpha value is -2.28. The fourth-order valence-electron chi connectivity index (χ4n) is 2.49. The second kappa shape index (κ2) is 5.25. The van der Waals surface area contributed by atoms with Crippen molar-refractivity contribution in [1.82, 2.24) is 9.55 Å². The number of nitrogens with zero attached hydrogens (tertiary/aromatic N) is 3. The van der Waals surface area contributed by atoms with Gasteiger partial charge in [-0.3, -0.25) is 9.36 Å². The minimum atomic E-state index is -0.467. The molecule has 6 nitrogen and oxygen atoms in total. The highest BCUT2D eigenvalue weighted by atomic mass is 19.1. The molecule has 1 atom stereocenters. The molecule has 2 N–H and O–H groups in total. The van der Waals surface area contributed by atoms with Crippen molar-refractivity contribution in [3.63, 3.8) is 0 Å². The van der Waals surface area contributed by atoms with Gasteiger partial charge in [-0.25, -0.2) is 9.97 Å². The Balaban J connectivity index is 2.10. The van der Waals surface area contributed by atoms with Crippen LogP contribution in [0.1, 0.15) is 6.42 Å². The summed E-state index contributed by atoms with van der Waals surface area (Å²) in [4.78, 5) is 21.0. The van der Waals surface area contributed by atoms with Crippen LogP contribution in [0, 0.1) is 5.82 Å². The maximum absolute atomic E-state index is 13.8. The zero-order valence-electron chi connectivity index (χ0n) is 11.6. The molecule has 1 aliphatic heterocycles. The van der Waals surface area contributed by atoms with E-state index in [9.17, 15) is 14.3 Å². The highest BCUT2D eigenvalue weighted by molar-refractivity contribution is 5.60. The molecule has 2 aromatic heterocycles. The number of H-pyrrole nitrogens is 1. The second-order valence-corrected chi connectivity index (χ2v) is 5.13. The fraction of sp³-hybridized carbons (Fsp3) is 0.357. The van der Waals surface area contributed by atoms with Gasteiger partial charge in [-0.2, -0.15) is 4.39 Å². The second-order valence-electron chi connectivity index (χ2n) is 5.13. The number of nitrogens with one attached hydrogen (secondary N) is 1. The lowest BCUT2D eigenvalue weighted by atomic mass is 10.2. The first-order valence-corrected chi connectivity index (χ1v) is 6.73. The van der Waals surface area contributed by atoms with Gasteiger partial charge in [-0.1, -0.05) is 0 Å². The Morgan fingerprint density at radius 1 is 1.52 bits per heavy atom. The van der Waals surface area contributed by atoms with E-state index in [4.69, 9.17) is 0 Å². The molecular weight excluding hydrogens is 275 g/mol. The highest BCUT2D eigenvalue weighted by Crippen LogP contribution is 2.22. The van der Waals surface area contributed by atoms with Crippen molar-refractivity contribution in [2.75, 3.05) is 18.0 Å². The zero-order valence-corrected chi connectivity index (χ0v) is 11.6. The maximum Gasteiger partial charge on any atom is 0.255 e. The number of pyridine rings is 1. The standard InChI is InChI=1S/C14H15FN4O2/c1-18-13(21)6-12(10-2-4-16-7-11(10)15)17-14(18)19-5-3-9(20)8-19/h2,4,6-7,9,20H,3,5,8H2,1H3/p+1/t9-/m1/s1. The molecule has 0 spiro atoms. The van der Waals surface area contributed by atoms with Gasteiger partial charge >= 0.3 is 0 Å². The first-order valence-electron chi connectivity index (χ1n) is 6.73. The first-order chi connectivity index (χ1) is 10.1. The third kappa shape index (κ3) is 2.52. The van der Waals surface area contributed by atoms with Gasteiger partial charge in [0.1, 0.15) is 0 Å². The van der Waals surface area contributed by atoms with Gasteiger partial charge in [0.05, 0.1) is 11.8 Å². The van der Waals surface area contributed by atoms with Gasteiger partial charge in [-0.05, 0) is 6.42 Å². The monoisotopic (exact) mass is 291 g/mol. The van der Waals surface area contributed by atoms with Crippen molar-refractivity contribution < 1.29 is 14.5 Å². The number of aliphatic hydroxyl groups is 1. The van der Waals surface area contributed by atoms with Crippen molar-refractivity contribution in [3.05, 3.63) is 40.7 Å². The molecule has 110 valence electrons. The quantitative estimate of drug-likeness (QED) is 0.843. The summed E-state index contributed by atoms with van der Waals surface area (Å²) in [6.45, 7) is 1.05. The fourth-order valence-corrected chi connectivity index (χ4v) is 2.49. The summed E-state index contributed by atoms with van der Waals surface area (Å²) in [5.41, 5.74) is 0.303. The first kappa shape index (κ1) is 13.7. The molecule has 2 aromatic rings. The van der Waals surface area contributed by atoms with Gasteiger partial charge in [0, 0.05) is 37.8 Å². The van der Waals surface area contributed by atoms with E-state index in [1.54, 1.807) is 19.3 Å². The molecular formula is C14H16FN4O2+. The van der Waals surface area contributed by atoms with Crippen LogP contribution < -0.4 is 15.4 Å². The third-order valence-corrected chi connectivity index (χ3v) is 3.65. The van der Waals surface area contributed by atoms with Crippen LogP contribution in [0.5, 0.6) is 0 Å². The van der Waals surface area contributed by atoms with Gasteiger partial charge < -0.3 is 10.0 Å². The largest absolute Gasteiger partial charge is 0.391 e. The number of halogens is 1. The Labute approximate surface area is 120 Å². The van der Waals surface area contributed by atoms with Gasteiger partial charge in [-0.15, -0.1) is 0 Å². The molecule has 3 rings (SSSR count). The summed E-state index contributed by atoms with van der Waals surface area (Å²) in [6.07, 6.45) is 3.01. The SMILES string of the molecule is Cn1c(N2CC[C@@H](O)C2)nc(-c2cc[nH+]cc2F)cc1=O. The van der Waals surface area contributed by atoms with Crippen LogP contribution in [-0.4, -0.2) is 33.9 Å². The van der Waals surface area contributed by atoms with E-state index in [1.165, 1.54) is 16.8 Å². The van der Waals surface area contributed by atoms with Crippen LogP contribution >= 0.6 is 0 Å². The molecule has 0 radical (unpaired) electrons. The van der Waals surface area contributed by atoms with Gasteiger partial charge in [0.25, 0.3) is 5.56 Å². The van der Waals surface area contributed by atoms with Crippen molar-refractivity contribution >= 4 is 5.95 Å². The number of aromatic amines is 1. The number of anilines is 1. The Bertz CT molecular complexity index is 731. The summed E-state index contributed by atoms with van der Waals surface area (Å²) >= 11 is 0. The van der Waals surface area contributed by atoms with Crippen LogP contribution in [0.2, 0.25) is 0 Å². The lowest BCUT2D eigenvalue weighted by molar-refractivity contribution is -0.380. The Morgan fingerprint density at radius 2 is 2.33 bits per heavy atom. The molecule has 0 saturated carbocycles. The van der Waals surface area contributed by atoms with Crippen molar-refractivity contribution in [2.45, 2.75) is 12.5 Å². The number of hydrogen-bond donors (Lipinski definition) is 1. The van der Waals surface area contributed by atoms with Crippen LogP contribution in [0.15, 0.2) is 29.3 Å². The number of hydrogen-bond acceptors (Lipinski definition) is 4. The van der Waals surface area contributed by atoms with Gasteiger partial charge in [0.15, 0.2) is 12.0 Å². The van der Waals surface area contributed by atoms with Crippen LogP contribution in [0.4, 0.5) is 10.3 Å². The number of rotatable bonds is 2. The lowest BCUT2D eigenvalue weighted by Gasteiger charge is -2.20. The van der Waals surface area contributed by atoms with Crippen LogP contribution in [-0.2, 0) is 7.05 Å². The zero-order chi connectivity index (χ0) is 15.0. The molecule has 7 heteroatoms.